The van der Waals surface area contributed by atoms with Gasteiger partial charge in [-0.15, -0.1) is 0 Å². The van der Waals surface area contributed by atoms with Gasteiger partial charge in [0.1, 0.15) is 5.25 Å². The third-order valence-electron chi connectivity index (χ3n) is 4.55. The normalized spacial score (nSPS) is 24.5. The van der Waals surface area contributed by atoms with Crippen LogP contribution in [0.1, 0.15) is 18.4 Å². The molecule has 0 amide bonds. The topological polar surface area (TPSA) is 84.2 Å². The maximum absolute atomic E-state index is 13.2. The molecule has 3 rings (SSSR count). The largest absolute Gasteiger partial charge is 0.465 e. The van der Waals surface area contributed by atoms with Gasteiger partial charge in [0.2, 0.25) is 0 Å². The highest BCUT2D eigenvalue weighted by molar-refractivity contribution is 7.92. The Kier molecular flexibility index (Phi) is 4.78. The summed E-state index contributed by atoms with van der Waals surface area (Å²) in [5.41, 5.74) is -1.26. The van der Waals surface area contributed by atoms with Crippen molar-refractivity contribution in [1.29, 1.82) is 5.26 Å². The van der Waals surface area contributed by atoms with E-state index in [-0.39, 0.29) is 11.5 Å². The molecule has 0 radical (unpaired) electrons. The fourth-order valence-corrected chi connectivity index (χ4v) is 5.81. The molecule has 1 fully saturated rings. The van der Waals surface area contributed by atoms with Gasteiger partial charge in [-0.2, -0.15) is 5.26 Å². The summed E-state index contributed by atoms with van der Waals surface area (Å²) in [5.74, 6) is -1.66. The molecule has 0 heterocycles. The van der Waals surface area contributed by atoms with Crippen molar-refractivity contribution in [3.63, 3.8) is 0 Å². The third-order valence-corrected chi connectivity index (χ3v) is 7.02. The van der Waals surface area contributed by atoms with Crippen molar-refractivity contribution in [2.45, 2.75) is 23.0 Å². The van der Waals surface area contributed by atoms with Gasteiger partial charge in [0.05, 0.1) is 17.6 Å². The van der Waals surface area contributed by atoms with E-state index in [2.05, 4.69) is 0 Å². The first-order valence-electron chi connectivity index (χ1n) is 8.02. The lowest BCUT2D eigenvalue weighted by molar-refractivity contribution is -0.147. The standard InChI is InChI=1S/C19H16ClNO4S/c1-2-25-18(22)19(12-21)16(13-7-6-8-14(20)11-13)17(19)26(23,24)15-9-4-3-5-10-15/h3-11,16-17H,2H2,1H3/t16-,17+,19-/m1/s1. The molecule has 2 aromatic carbocycles. The highest BCUT2D eigenvalue weighted by atomic mass is 35.5. The molecular formula is C19H16ClNO4S. The summed E-state index contributed by atoms with van der Waals surface area (Å²) in [4.78, 5) is 12.6. The monoisotopic (exact) mass is 389 g/mol. The first-order valence-corrected chi connectivity index (χ1v) is 9.95. The molecule has 134 valence electrons. The predicted octanol–water partition coefficient (Wildman–Crippen LogP) is 3.35. The smallest absolute Gasteiger partial charge is 0.328 e. The first-order chi connectivity index (χ1) is 12.4. The molecule has 0 bridgehead atoms. The molecule has 0 N–H and O–H groups in total. The molecule has 1 aliphatic rings. The zero-order chi connectivity index (χ0) is 18.9. The number of hydrogen-bond acceptors (Lipinski definition) is 5. The van der Waals surface area contributed by atoms with Crippen LogP contribution in [0.3, 0.4) is 0 Å². The molecule has 0 saturated heterocycles. The number of nitrogens with zero attached hydrogens (tertiary/aromatic N) is 1. The molecule has 3 atom stereocenters. The number of sulfone groups is 1. The van der Waals surface area contributed by atoms with Gasteiger partial charge in [0.25, 0.3) is 0 Å². The second-order valence-corrected chi connectivity index (χ2v) is 8.52. The Morgan fingerprint density at radius 2 is 1.92 bits per heavy atom. The highest BCUT2D eigenvalue weighted by Gasteiger charge is 2.77. The van der Waals surface area contributed by atoms with Gasteiger partial charge in [0, 0.05) is 10.9 Å². The molecule has 1 aliphatic carbocycles. The fraction of sp³-hybridized carbons (Fsp3) is 0.263. The van der Waals surface area contributed by atoms with Gasteiger partial charge in [-0.1, -0.05) is 41.9 Å². The number of nitriles is 1. The summed E-state index contributed by atoms with van der Waals surface area (Å²) < 4.78 is 31.4. The summed E-state index contributed by atoms with van der Waals surface area (Å²) in [6.45, 7) is 1.67. The van der Waals surface area contributed by atoms with Gasteiger partial charge in [-0.05, 0) is 36.8 Å². The van der Waals surface area contributed by atoms with Crippen molar-refractivity contribution >= 4 is 27.4 Å². The zero-order valence-corrected chi connectivity index (χ0v) is 15.5. The Labute approximate surface area is 157 Å². The second-order valence-electron chi connectivity index (χ2n) is 6.01. The zero-order valence-electron chi connectivity index (χ0n) is 13.9. The molecular weight excluding hydrogens is 374 g/mol. The van der Waals surface area contributed by atoms with Gasteiger partial charge in [-0.3, -0.25) is 4.79 Å². The average Bonchev–Trinajstić information content (AvgIpc) is 3.34. The minimum atomic E-state index is -3.93. The van der Waals surface area contributed by atoms with Crippen LogP contribution in [-0.2, 0) is 19.4 Å². The van der Waals surface area contributed by atoms with E-state index < -0.39 is 32.4 Å². The van der Waals surface area contributed by atoms with E-state index in [1.165, 1.54) is 12.1 Å². The number of benzene rings is 2. The van der Waals surface area contributed by atoms with E-state index in [4.69, 9.17) is 16.3 Å². The van der Waals surface area contributed by atoms with Crippen LogP contribution in [0.4, 0.5) is 0 Å². The van der Waals surface area contributed by atoms with E-state index in [0.29, 0.717) is 10.6 Å². The lowest BCUT2D eigenvalue weighted by Crippen LogP contribution is -2.25. The van der Waals surface area contributed by atoms with E-state index in [0.717, 1.165) is 0 Å². The van der Waals surface area contributed by atoms with Crippen LogP contribution >= 0.6 is 11.6 Å². The first kappa shape index (κ1) is 18.4. The maximum atomic E-state index is 13.2. The molecule has 0 aromatic heterocycles. The van der Waals surface area contributed by atoms with Crippen molar-refractivity contribution in [2.75, 3.05) is 6.61 Å². The van der Waals surface area contributed by atoms with Crippen LogP contribution in [0.25, 0.3) is 0 Å². The van der Waals surface area contributed by atoms with Gasteiger partial charge in [-0.25, -0.2) is 8.42 Å². The summed E-state index contributed by atoms with van der Waals surface area (Å²) in [6.07, 6.45) is 0. The molecule has 5 nitrogen and oxygen atoms in total. The lowest BCUT2D eigenvalue weighted by Gasteiger charge is -2.09. The lowest BCUT2D eigenvalue weighted by atomic mass is 10.0. The molecule has 0 unspecified atom stereocenters. The van der Waals surface area contributed by atoms with Crippen LogP contribution in [0.2, 0.25) is 5.02 Å². The van der Waals surface area contributed by atoms with Crippen molar-refractivity contribution in [1.82, 2.24) is 0 Å². The van der Waals surface area contributed by atoms with Crippen molar-refractivity contribution in [3.8, 4) is 6.07 Å². The minimum absolute atomic E-state index is 0.0582. The molecule has 1 saturated carbocycles. The van der Waals surface area contributed by atoms with Gasteiger partial charge >= 0.3 is 5.97 Å². The van der Waals surface area contributed by atoms with E-state index in [9.17, 15) is 18.5 Å². The Balaban J connectivity index is 2.15. The molecule has 7 heteroatoms. The molecule has 2 aromatic rings. The van der Waals surface area contributed by atoms with Crippen LogP contribution in [0, 0.1) is 16.7 Å². The van der Waals surface area contributed by atoms with E-state index in [1.54, 1.807) is 49.4 Å². The van der Waals surface area contributed by atoms with Crippen molar-refractivity contribution < 1.29 is 17.9 Å². The molecule has 0 aliphatic heterocycles. The Bertz CT molecular complexity index is 984. The summed E-state index contributed by atoms with van der Waals surface area (Å²) in [6, 6.07) is 16.3. The number of ether oxygens (including phenoxy) is 1. The molecule has 26 heavy (non-hydrogen) atoms. The van der Waals surface area contributed by atoms with Crippen LogP contribution in [0.5, 0.6) is 0 Å². The van der Waals surface area contributed by atoms with Gasteiger partial charge in [0.15, 0.2) is 15.3 Å². The Morgan fingerprint density at radius 1 is 1.23 bits per heavy atom. The number of halogens is 1. The number of carbonyl (C=O) groups is 1. The SMILES string of the molecule is CCOC(=O)[C@]1(C#N)[C@H](c2cccc(Cl)c2)[C@@H]1S(=O)(=O)c1ccccc1. The number of hydrogen-bond donors (Lipinski definition) is 0. The van der Waals surface area contributed by atoms with E-state index >= 15 is 0 Å². The predicted molar refractivity (Wildman–Crippen MR) is 96.3 cm³/mol. The Morgan fingerprint density at radius 3 is 2.50 bits per heavy atom. The van der Waals surface area contributed by atoms with Crippen molar-refractivity contribution in [2.24, 2.45) is 5.41 Å². The summed E-state index contributed by atoms with van der Waals surface area (Å²) >= 11 is 6.02. The van der Waals surface area contributed by atoms with Crippen LogP contribution in [-0.4, -0.2) is 26.2 Å². The highest BCUT2D eigenvalue weighted by Crippen LogP contribution is 2.64. The van der Waals surface area contributed by atoms with E-state index in [1.807, 2.05) is 6.07 Å². The summed E-state index contributed by atoms with van der Waals surface area (Å²) in [5, 5.41) is 8.97. The summed E-state index contributed by atoms with van der Waals surface area (Å²) in [7, 11) is -3.93. The van der Waals surface area contributed by atoms with Crippen molar-refractivity contribution in [3.05, 3.63) is 65.2 Å². The Hall–Kier alpha value is -2.36. The number of carbonyl (C=O) groups excluding carboxylic acids is 1. The minimum Gasteiger partial charge on any atom is -0.465 e. The number of rotatable bonds is 5. The van der Waals surface area contributed by atoms with Crippen LogP contribution in [0.15, 0.2) is 59.5 Å². The second kappa shape index (κ2) is 6.75. The number of esters is 1. The van der Waals surface area contributed by atoms with Crippen LogP contribution < -0.4 is 0 Å². The quantitative estimate of drug-likeness (QED) is 0.732. The van der Waals surface area contributed by atoms with Gasteiger partial charge < -0.3 is 4.74 Å². The third kappa shape index (κ3) is 2.77. The fourth-order valence-electron chi connectivity index (χ4n) is 3.35. The molecule has 0 spiro atoms. The maximum Gasteiger partial charge on any atom is 0.328 e. The average molecular weight is 390 g/mol.